The van der Waals surface area contributed by atoms with E-state index in [4.69, 9.17) is 0 Å². The number of aromatic nitrogens is 2. The maximum atomic E-state index is 11.8. The fourth-order valence-corrected chi connectivity index (χ4v) is 1.53. The lowest BCUT2D eigenvalue weighted by Crippen LogP contribution is -2.38. The third-order valence-corrected chi connectivity index (χ3v) is 2.80. The summed E-state index contributed by atoms with van der Waals surface area (Å²) in [6.45, 7) is 3.64. The van der Waals surface area contributed by atoms with Crippen LogP contribution in [0.4, 0.5) is 0 Å². The van der Waals surface area contributed by atoms with E-state index in [0.717, 1.165) is 0 Å². The van der Waals surface area contributed by atoms with Crippen molar-refractivity contribution in [2.24, 2.45) is 7.05 Å². The highest BCUT2D eigenvalue weighted by Gasteiger charge is 2.31. The lowest BCUT2D eigenvalue weighted by Gasteiger charge is -2.22. The van der Waals surface area contributed by atoms with Crippen molar-refractivity contribution in [3.63, 3.8) is 0 Å². The number of aryl methyl sites for hydroxylation is 1. The van der Waals surface area contributed by atoms with E-state index in [-0.39, 0.29) is 12.2 Å². The summed E-state index contributed by atoms with van der Waals surface area (Å²) < 4.78 is 1.65. The number of hydrogen-bond donors (Lipinski definition) is 1. The number of hydrogen-bond acceptors (Lipinski definition) is 3. The molecule has 4 heteroatoms. The molecule has 0 aromatic carbocycles. The van der Waals surface area contributed by atoms with Crippen LogP contribution in [0.2, 0.25) is 0 Å². The summed E-state index contributed by atoms with van der Waals surface area (Å²) in [4.78, 5) is 11.8. The molecule has 0 fully saturated rings. The Kier molecular flexibility index (Phi) is 3.63. The average molecular weight is 210 g/mol. The fourth-order valence-electron chi connectivity index (χ4n) is 1.53. The summed E-state index contributed by atoms with van der Waals surface area (Å²) in [5.41, 5.74) is -0.472. The molecule has 1 aromatic heterocycles. The third kappa shape index (κ3) is 2.65. The number of ketones is 1. The van der Waals surface area contributed by atoms with Crippen molar-refractivity contribution in [1.29, 1.82) is 0 Å². The van der Waals surface area contributed by atoms with Crippen molar-refractivity contribution in [3.8, 4) is 0 Å². The minimum atomic E-state index is -1.18. The van der Waals surface area contributed by atoms with Gasteiger partial charge in [-0.15, -0.1) is 0 Å². The second-order valence-electron chi connectivity index (χ2n) is 3.82. The fraction of sp³-hybridized carbons (Fsp3) is 0.636. The molecule has 1 N–H and O–H groups in total. The molecule has 0 spiro atoms. The average Bonchev–Trinajstić information content (AvgIpc) is 2.62. The summed E-state index contributed by atoms with van der Waals surface area (Å²) in [5.74, 6) is -0.147. The van der Waals surface area contributed by atoms with Crippen molar-refractivity contribution in [1.82, 2.24) is 9.78 Å². The Hall–Kier alpha value is -1.16. The molecule has 4 nitrogen and oxygen atoms in total. The summed E-state index contributed by atoms with van der Waals surface area (Å²) >= 11 is 0. The molecule has 1 rings (SSSR count). The third-order valence-electron chi connectivity index (χ3n) is 2.80. The first kappa shape index (κ1) is 11.9. The molecule has 0 amide bonds. The van der Waals surface area contributed by atoms with Gasteiger partial charge in [0.25, 0.3) is 0 Å². The largest absolute Gasteiger partial charge is 0.382 e. The smallest absolute Gasteiger partial charge is 0.170 e. The van der Waals surface area contributed by atoms with E-state index >= 15 is 0 Å². The van der Waals surface area contributed by atoms with Crippen molar-refractivity contribution < 1.29 is 9.90 Å². The van der Waals surface area contributed by atoms with Crippen LogP contribution in [-0.4, -0.2) is 26.3 Å². The number of rotatable bonds is 5. The van der Waals surface area contributed by atoms with Crippen molar-refractivity contribution in [2.45, 2.75) is 38.7 Å². The quantitative estimate of drug-likeness (QED) is 0.791. The van der Waals surface area contributed by atoms with Crippen LogP contribution in [0.15, 0.2) is 12.3 Å². The topological polar surface area (TPSA) is 55.1 Å². The predicted molar refractivity (Wildman–Crippen MR) is 57.5 cm³/mol. The van der Waals surface area contributed by atoms with E-state index in [1.54, 1.807) is 24.0 Å². The van der Waals surface area contributed by atoms with Crippen molar-refractivity contribution >= 4 is 5.78 Å². The van der Waals surface area contributed by atoms with E-state index in [0.29, 0.717) is 18.5 Å². The predicted octanol–water partition coefficient (Wildman–Crippen LogP) is 1.08. The second-order valence-corrected chi connectivity index (χ2v) is 3.82. The van der Waals surface area contributed by atoms with Gasteiger partial charge in [0, 0.05) is 13.2 Å². The second kappa shape index (κ2) is 4.57. The highest BCUT2D eigenvalue weighted by Crippen LogP contribution is 2.17. The zero-order valence-corrected chi connectivity index (χ0v) is 9.53. The van der Waals surface area contributed by atoms with Gasteiger partial charge in [-0.05, 0) is 18.9 Å². The number of carbonyl (C=O) groups is 1. The van der Waals surface area contributed by atoms with Gasteiger partial charge in [0.05, 0.1) is 12.1 Å². The molecule has 0 radical (unpaired) electrons. The van der Waals surface area contributed by atoms with Crippen LogP contribution < -0.4 is 0 Å². The van der Waals surface area contributed by atoms with Crippen LogP contribution in [0.25, 0.3) is 0 Å². The molecule has 1 aromatic rings. The molecule has 0 unspecified atom stereocenters. The number of aliphatic hydroxyl groups is 1. The van der Waals surface area contributed by atoms with E-state index in [1.165, 1.54) is 0 Å². The van der Waals surface area contributed by atoms with E-state index in [2.05, 4.69) is 5.10 Å². The van der Waals surface area contributed by atoms with Gasteiger partial charge in [-0.3, -0.25) is 9.48 Å². The van der Waals surface area contributed by atoms with Gasteiger partial charge in [-0.25, -0.2) is 0 Å². The van der Waals surface area contributed by atoms with Gasteiger partial charge >= 0.3 is 0 Å². The summed E-state index contributed by atoms with van der Waals surface area (Å²) in [7, 11) is 1.81. The Balaban J connectivity index is 2.70. The molecule has 15 heavy (non-hydrogen) atoms. The van der Waals surface area contributed by atoms with Crippen molar-refractivity contribution in [3.05, 3.63) is 18.0 Å². The zero-order chi connectivity index (χ0) is 11.5. The molecule has 1 heterocycles. The minimum Gasteiger partial charge on any atom is -0.382 e. The molecule has 0 aliphatic rings. The lowest BCUT2D eigenvalue weighted by molar-refractivity contribution is -0.137. The van der Waals surface area contributed by atoms with E-state index in [1.807, 2.05) is 13.8 Å². The molecule has 0 atom stereocenters. The molecule has 0 saturated heterocycles. The Bertz CT molecular complexity index is 340. The van der Waals surface area contributed by atoms with E-state index in [9.17, 15) is 9.90 Å². The van der Waals surface area contributed by atoms with Gasteiger partial charge in [0.15, 0.2) is 5.78 Å². The molecular formula is C11H18N2O2. The van der Waals surface area contributed by atoms with Crippen LogP contribution in [0.5, 0.6) is 0 Å². The highest BCUT2D eigenvalue weighted by molar-refractivity contribution is 5.88. The van der Waals surface area contributed by atoms with Crippen LogP contribution in [0.1, 0.15) is 32.4 Å². The molecular weight excluding hydrogens is 192 g/mol. The Morgan fingerprint density at radius 3 is 2.53 bits per heavy atom. The Morgan fingerprint density at radius 2 is 2.13 bits per heavy atom. The first-order valence-corrected chi connectivity index (χ1v) is 5.26. The first-order chi connectivity index (χ1) is 7.01. The first-order valence-electron chi connectivity index (χ1n) is 5.26. The standard InChI is InChI=1S/C11H18N2O2/c1-4-11(15,5-2)10(14)8-9-6-7-13(3)12-9/h6-7,15H,4-5,8H2,1-3H3. The van der Waals surface area contributed by atoms with E-state index < -0.39 is 5.60 Å². The molecule has 0 aliphatic carbocycles. The minimum absolute atomic E-state index is 0.147. The summed E-state index contributed by atoms with van der Waals surface area (Å²) in [5, 5.41) is 14.1. The molecule has 0 saturated carbocycles. The normalized spacial score (nSPS) is 11.7. The zero-order valence-electron chi connectivity index (χ0n) is 9.53. The van der Waals surface area contributed by atoms with Crippen LogP contribution in [-0.2, 0) is 18.3 Å². The molecule has 84 valence electrons. The highest BCUT2D eigenvalue weighted by atomic mass is 16.3. The van der Waals surface area contributed by atoms with Gasteiger partial charge in [-0.1, -0.05) is 13.8 Å². The number of nitrogens with zero attached hydrogens (tertiary/aromatic N) is 2. The lowest BCUT2D eigenvalue weighted by atomic mass is 9.90. The number of carbonyl (C=O) groups excluding carboxylic acids is 1. The maximum absolute atomic E-state index is 11.8. The monoisotopic (exact) mass is 210 g/mol. The Morgan fingerprint density at radius 1 is 1.53 bits per heavy atom. The maximum Gasteiger partial charge on any atom is 0.170 e. The van der Waals surface area contributed by atoms with Crippen LogP contribution >= 0.6 is 0 Å². The number of Topliss-reactive ketones (excluding diaryl/α,β-unsaturated/α-hetero) is 1. The SMILES string of the molecule is CCC(O)(CC)C(=O)Cc1ccn(C)n1. The van der Waals surface area contributed by atoms with Crippen LogP contribution in [0, 0.1) is 0 Å². The van der Waals surface area contributed by atoms with Crippen LogP contribution in [0.3, 0.4) is 0 Å². The summed E-state index contributed by atoms with van der Waals surface area (Å²) in [6, 6.07) is 1.80. The van der Waals surface area contributed by atoms with Gasteiger partial charge in [-0.2, -0.15) is 5.10 Å². The van der Waals surface area contributed by atoms with Gasteiger partial charge in [0.2, 0.25) is 0 Å². The molecule has 0 bridgehead atoms. The molecule has 0 aliphatic heterocycles. The Labute approximate surface area is 89.9 Å². The summed E-state index contributed by atoms with van der Waals surface area (Å²) in [6.07, 6.45) is 2.91. The van der Waals surface area contributed by atoms with Crippen molar-refractivity contribution in [2.75, 3.05) is 0 Å². The van der Waals surface area contributed by atoms with Gasteiger partial charge in [0.1, 0.15) is 5.60 Å². The van der Waals surface area contributed by atoms with Gasteiger partial charge < -0.3 is 5.11 Å².